The van der Waals surface area contributed by atoms with Crippen LogP contribution in [0, 0.1) is 0 Å². The van der Waals surface area contributed by atoms with Crippen LogP contribution in [0.25, 0.3) is 0 Å². The van der Waals surface area contributed by atoms with Gasteiger partial charge in [0.1, 0.15) is 0 Å². The third-order valence-electron chi connectivity index (χ3n) is 3.54. The van der Waals surface area contributed by atoms with Gasteiger partial charge in [0.25, 0.3) is 0 Å². The van der Waals surface area contributed by atoms with Crippen molar-refractivity contribution in [1.82, 2.24) is 0 Å². The first kappa shape index (κ1) is 18.2. The molecule has 0 amide bonds. The molecule has 0 spiro atoms. The molecule has 0 fully saturated rings. The van der Waals surface area contributed by atoms with E-state index < -0.39 is 7.14 Å². The van der Waals surface area contributed by atoms with Crippen molar-refractivity contribution in [2.24, 2.45) is 0 Å². The van der Waals surface area contributed by atoms with Crippen LogP contribution in [0.15, 0.2) is 69.6 Å². The molecule has 1 nitrogen and oxygen atoms in total. The van der Waals surface area contributed by atoms with Crippen LogP contribution in [0.4, 0.5) is 0 Å². The largest absolute Gasteiger partial charge is 0.309 e. The third-order valence-corrected chi connectivity index (χ3v) is 10.5. The monoisotopic (exact) mass is 536 g/mol. The summed E-state index contributed by atoms with van der Waals surface area (Å²) in [7, 11) is -2.76. The number of allylic oxidation sites excluding steroid dienone is 2. The Labute approximate surface area is 160 Å². The number of halogens is 2. The van der Waals surface area contributed by atoms with Crippen LogP contribution in [-0.4, -0.2) is 4.43 Å². The number of hydrogen-bond donors (Lipinski definition) is 0. The van der Waals surface area contributed by atoms with E-state index in [1.54, 1.807) is 0 Å². The van der Waals surface area contributed by atoms with Gasteiger partial charge in [-0.25, -0.2) is 0 Å². The minimum atomic E-state index is -2.76. The third kappa shape index (κ3) is 3.85. The molecule has 0 N–H and O–H groups in total. The molecule has 0 heterocycles. The Bertz CT molecular complexity index is 637. The molecule has 0 aromatic heterocycles. The van der Waals surface area contributed by atoms with Gasteiger partial charge in [0.15, 0.2) is 7.14 Å². The fourth-order valence-corrected chi connectivity index (χ4v) is 7.63. The van der Waals surface area contributed by atoms with Gasteiger partial charge in [0.2, 0.25) is 0 Å². The fourth-order valence-electron chi connectivity index (χ4n) is 2.51. The zero-order valence-electron chi connectivity index (χ0n) is 12.5. The number of hydrogen-bond acceptors (Lipinski definition) is 1. The van der Waals surface area contributed by atoms with Crippen molar-refractivity contribution in [3.8, 4) is 0 Å². The molecule has 116 valence electrons. The second-order valence-electron chi connectivity index (χ2n) is 5.02. The predicted octanol–water partition coefficient (Wildman–Crippen LogP) is 5.88. The van der Waals surface area contributed by atoms with Gasteiger partial charge in [-0.2, -0.15) is 0 Å². The van der Waals surface area contributed by atoms with Gasteiger partial charge in [-0.05, 0) is 29.0 Å². The Morgan fingerprint density at radius 2 is 1.41 bits per heavy atom. The molecule has 0 aliphatic rings. The lowest BCUT2D eigenvalue weighted by Crippen LogP contribution is -2.18. The highest BCUT2D eigenvalue weighted by atomic mass is 127. The van der Waals surface area contributed by atoms with Crippen molar-refractivity contribution < 1.29 is 4.57 Å². The van der Waals surface area contributed by atoms with Crippen molar-refractivity contribution in [1.29, 1.82) is 0 Å². The zero-order chi connectivity index (χ0) is 16.0. The smallest absolute Gasteiger partial charge is 0.167 e. The molecular weight excluding hydrogens is 517 g/mol. The summed E-state index contributed by atoms with van der Waals surface area (Å²) in [6, 6.07) is 19.9. The van der Waals surface area contributed by atoms with E-state index in [0.29, 0.717) is 0 Å². The maximum Gasteiger partial charge on any atom is 0.167 e. The summed E-state index contributed by atoms with van der Waals surface area (Å²) >= 11 is 4.73. The van der Waals surface area contributed by atoms with Gasteiger partial charge < -0.3 is 4.57 Å². The molecule has 0 unspecified atom stereocenters. The highest BCUT2D eigenvalue weighted by molar-refractivity contribution is 14.1. The Morgan fingerprint density at radius 3 is 1.77 bits per heavy atom. The summed E-state index contributed by atoms with van der Waals surface area (Å²) in [5.41, 5.74) is 0. The van der Waals surface area contributed by atoms with Crippen molar-refractivity contribution in [3.05, 3.63) is 69.6 Å². The van der Waals surface area contributed by atoms with Gasteiger partial charge in [-0.15, -0.1) is 0 Å². The lowest BCUT2D eigenvalue weighted by atomic mass is 10.3. The standard InChI is InChI=1S/C18H19I2OP/c1-2-9-18(17(20)14-19)22(21,15-10-5-3-6-11-15)16-12-7-4-8-13-16/h3-8,10-13H,2,9,14H2,1H3/b18-17+. The van der Waals surface area contributed by atoms with Crippen molar-refractivity contribution >= 4 is 62.9 Å². The number of benzene rings is 2. The summed E-state index contributed by atoms with van der Waals surface area (Å²) in [5, 5.41) is 2.98. The highest BCUT2D eigenvalue weighted by Gasteiger charge is 2.32. The molecule has 0 aliphatic heterocycles. The second kappa shape index (κ2) is 8.65. The predicted molar refractivity (Wildman–Crippen MR) is 115 cm³/mol. The van der Waals surface area contributed by atoms with Gasteiger partial charge in [-0.3, -0.25) is 0 Å². The molecule has 4 heteroatoms. The van der Waals surface area contributed by atoms with Crippen molar-refractivity contribution in [2.75, 3.05) is 4.43 Å². The van der Waals surface area contributed by atoms with Gasteiger partial charge >= 0.3 is 0 Å². The molecule has 2 aromatic rings. The average Bonchev–Trinajstić information content (AvgIpc) is 2.60. The van der Waals surface area contributed by atoms with Crippen LogP contribution in [0.1, 0.15) is 19.8 Å². The normalized spacial score (nSPS) is 12.9. The van der Waals surface area contributed by atoms with Crippen LogP contribution in [0.2, 0.25) is 0 Å². The van der Waals surface area contributed by atoms with Gasteiger partial charge in [0.05, 0.1) is 0 Å². The van der Waals surface area contributed by atoms with Crippen LogP contribution in [-0.2, 0) is 4.57 Å². The zero-order valence-corrected chi connectivity index (χ0v) is 17.7. The minimum absolute atomic E-state index is 0.877. The topological polar surface area (TPSA) is 17.1 Å². The van der Waals surface area contributed by atoms with E-state index in [2.05, 4.69) is 52.1 Å². The van der Waals surface area contributed by atoms with Crippen LogP contribution >= 0.6 is 52.3 Å². The first-order valence-electron chi connectivity index (χ1n) is 7.30. The summed E-state index contributed by atoms with van der Waals surface area (Å²) in [6.45, 7) is 2.15. The maximum atomic E-state index is 14.2. The molecule has 0 saturated carbocycles. The van der Waals surface area contributed by atoms with E-state index in [4.69, 9.17) is 0 Å². The van der Waals surface area contributed by atoms with E-state index in [1.165, 1.54) is 3.58 Å². The number of rotatable bonds is 6. The molecule has 0 atom stereocenters. The molecule has 0 aliphatic carbocycles. The Hall–Kier alpha value is -0.130. The van der Waals surface area contributed by atoms with Crippen LogP contribution in [0.3, 0.4) is 0 Å². The van der Waals surface area contributed by atoms with E-state index in [0.717, 1.165) is 33.2 Å². The van der Waals surface area contributed by atoms with Crippen molar-refractivity contribution in [3.63, 3.8) is 0 Å². The van der Waals surface area contributed by atoms with E-state index in [9.17, 15) is 4.57 Å². The molecule has 0 bridgehead atoms. The lowest BCUT2D eigenvalue weighted by Gasteiger charge is -2.24. The second-order valence-corrected chi connectivity index (χ2v) is 9.87. The molecule has 0 radical (unpaired) electrons. The lowest BCUT2D eigenvalue weighted by molar-refractivity contribution is 0.589. The maximum absolute atomic E-state index is 14.2. The van der Waals surface area contributed by atoms with Gasteiger partial charge in [-0.1, -0.05) is 96.6 Å². The molecule has 2 aromatic carbocycles. The first-order valence-corrected chi connectivity index (χ1v) is 11.6. The van der Waals surface area contributed by atoms with E-state index in [-0.39, 0.29) is 0 Å². The molecule has 0 saturated heterocycles. The van der Waals surface area contributed by atoms with E-state index in [1.807, 2.05) is 60.7 Å². The van der Waals surface area contributed by atoms with Crippen LogP contribution < -0.4 is 10.6 Å². The SMILES string of the molecule is CCC/C(=C(\I)CI)P(=O)(c1ccccc1)c1ccccc1. The quantitative estimate of drug-likeness (QED) is 0.256. The molecule has 2 rings (SSSR count). The Kier molecular flexibility index (Phi) is 7.16. The number of alkyl halides is 1. The Morgan fingerprint density at radius 1 is 0.955 bits per heavy atom. The molecular formula is C18H19I2OP. The molecule has 22 heavy (non-hydrogen) atoms. The highest BCUT2D eigenvalue weighted by Crippen LogP contribution is 2.55. The van der Waals surface area contributed by atoms with Gasteiger partial charge in [0, 0.05) is 23.9 Å². The van der Waals surface area contributed by atoms with Crippen LogP contribution in [0.5, 0.6) is 0 Å². The summed E-state index contributed by atoms with van der Waals surface area (Å²) in [4.78, 5) is 0. The van der Waals surface area contributed by atoms with E-state index >= 15 is 0 Å². The summed E-state index contributed by atoms with van der Waals surface area (Å²) in [6.07, 6.45) is 1.88. The Balaban J connectivity index is 2.74. The first-order chi connectivity index (χ1) is 10.6. The average molecular weight is 536 g/mol. The summed E-state index contributed by atoms with van der Waals surface area (Å²) < 4.78 is 16.4. The minimum Gasteiger partial charge on any atom is -0.309 e. The fraction of sp³-hybridized carbons (Fsp3) is 0.222. The van der Waals surface area contributed by atoms with Crippen molar-refractivity contribution in [2.45, 2.75) is 19.8 Å². The summed E-state index contributed by atoms with van der Waals surface area (Å²) in [5.74, 6) is 0.